The van der Waals surface area contributed by atoms with Crippen LogP contribution in [0.2, 0.25) is 0 Å². The van der Waals surface area contributed by atoms with E-state index < -0.39 is 23.9 Å². The number of hydrogen-bond acceptors (Lipinski definition) is 6. The van der Waals surface area contributed by atoms with Gasteiger partial charge < -0.3 is 20.1 Å². The first-order valence-electron chi connectivity index (χ1n) is 15.4. The third-order valence-electron chi connectivity index (χ3n) is 9.30. The molecule has 0 bridgehead atoms. The van der Waals surface area contributed by atoms with Crippen molar-refractivity contribution in [3.63, 3.8) is 0 Å². The van der Waals surface area contributed by atoms with Gasteiger partial charge in [0.15, 0.2) is 0 Å². The lowest BCUT2D eigenvalue weighted by molar-refractivity contribution is -0.143. The number of imide groups is 1. The number of nitrogens with zero attached hydrogens (tertiary/aromatic N) is 1. The van der Waals surface area contributed by atoms with E-state index in [0.29, 0.717) is 30.6 Å². The monoisotopic (exact) mass is 573 g/mol. The fourth-order valence-electron chi connectivity index (χ4n) is 7.18. The lowest BCUT2D eigenvalue weighted by Gasteiger charge is -2.36. The highest BCUT2D eigenvalue weighted by molar-refractivity contribution is 6.06. The molecule has 0 radical (unpaired) electrons. The Bertz CT molecular complexity index is 1310. The van der Waals surface area contributed by atoms with Crippen molar-refractivity contribution >= 4 is 17.9 Å². The summed E-state index contributed by atoms with van der Waals surface area (Å²) in [6.45, 7) is 1.92. The van der Waals surface area contributed by atoms with E-state index in [1.165, 1.54) is 4.90 Å². The molecule has 1 saturated heterocycles. The Labute approximate surface area is 248 Å². The molecule has 0 aromatic heterocycles. The number of phenolic OH excluding ortho intramolecular Hbond substituents is 1. The highest BCUT2D eigenvalue weighted by Crippen LogP contribution is 2.47. The molecule has 7 heteroatoms. The Hall–Kier alpha value is -3.42. The molecule has 224 valence electrons. The van der Waals surface area contributed by atoms with Crippen LogP contribution in [0, 0.1) is 17.8 Å². The molecule has 2 aromatic rings. The molecule has 2 aliphatic carbocycles. The fourth-order valence-corrected chi connectivity index (χ4v) is 7.18. The molecule has 0 unspecified atom stereocenters. The molecular weight excluding hydrogens is 530 g/mol. The second kappa shape index (κ2) is 13.7. The van der Waals surface area contributed by atoms with E-state index in [9.17, 15) is 24.9 Å². The van der Waals surface area contributed by atoms with Crippen molar-refractivity contribution in [2.24, 2.45) is 17.8 Å². The van der Waals surface area contributed by atoms with Gasteiger partial charge in [-0.1, -0.05) is 68.2 Å². The number of aliphatic hydroxyl groups excluding tert-OH is 2. The molecule has 3 N–H and O–H groups in total. The maximum Gasteiger partial charge on any atom is 0.234 e. The molecule has 7 nitrogen and oxygen atoms in total. The van der Waals surface area contributed by atoms with Crippen molar-refractivity contribution in [2.75, 3.05) is 13.2 Å². The first-order chi connectivity index (χ1) is 20.4. The van der Waals surface area contributed by atoms with Gasteiger partial charge in [-0.15, -0.1) is 0 Å². The maximum atomic E-state index is 13.8. The van der Waals surface area contributed by atoms with Crippen molar-refractivity contribution in [1.82, 2.24) is 4.90 Å². The van der Waals surface area contributed by atoms with E-state index in [1.54, 1.807) is 18.2 Å². The van der Waals surface area contributed by atoms with Crippen LogP contribution >= 0.6 is 0 Å². The van der Waals surface area contributed by atoms with E-state index in [4.69, 9.17) is 4.74 Å². The van der Waals surface area contributed by atoms with Gasteiger partial charge in [0, 0.05) is 12.0 Å². The fraction of sp³-hybridized carbons (Fsp3) is 0.486. The summed E-state index contributed by atoms with van der Waals surface area (Å²) in [5, 5.41) is 32.2. The summed E-state index contributed by atoms with van der Waals surface area (Å²) in [6, 6.07) is 16.4. The molecule has 1 heterocycles. The summed E-state index contributed by atoms with van der Waals surface area (Å²) in [4.78, 5) is 29.1. The SMILES string of the molecule is CC/C(=C\c1cccc(O)c1)CC[C@@H](O)C1=C(COc2ccccc2)C[C@H]2C(=O)N(C3CCCCC3)C(=O)[C@H]2[C@H]1CO. The minimum Gasteiger partial charge on any atom is -0.508 e. The number of aliphatic hydroxyl groups is 2. The summed E-state index contributed by atoms with van der Waals surface area (Å²) in [5.74, 6) is -1.29. The Morgan fingerprint density at radius 2 is 1.81 bits per heavy atom. The summed E-state index contributed by atoms with van der Waals surface area (Å²) < 4.78 is 6.11. The second-order valence-corrected chi connectivity index (χ2v) is 11.9. The van der Waals surface area contributed by atoms with Crippen LogP contribution in [0.4, 0.5) is 0 Å². The Morgan fingerprint density at radius 1 is 1.05 bits per heavy atom. The zero-order chi connectivity index (χ0) is 29.6. The lowest BCUT2D eigenvalue weighted by atomic mass is 9.68. The normalized spacial score (nSPS) is 24.2. The average Bonchev–Trinajstić information content (AvgIpc) is 3.26. The molecule has 2 aromatic carbocycles. The van der Waals surface area contributed by atoms with Crippen molar-refractivity contribution in [1.29, 1.82) is 0 Å². The minimum absolute atomic E-state index is 0.0734. The van der Waals surface area contributed by atoms with Crippen LogP contribution in [-0.4, -0.2) is 57.4 Å². The van der Waals surface area contributed by atoms with Crippen molar-refractivity contribution in [3.8, 4) is 11.5 Å². The van der Waals surface area contributed by atoms with Crippen LogP contribution in [-0.2, 0) is 9.59 Å². The maximum absolute atomic E-state index is 13.8. The zero-order valence-electron chi connectivity index (χ0n) is 24.5. The standard InChI is InChI=1S/C35H43NO6/c1-2-23(18-24-10-9-13-27(38)19-24)16-17-31(39)32-25(22-42-28-14-7-4-8-15-28)20-29-33(30(32)21-37)35(41)36(34(29)40)26-11-5-3-6-12-26/h4,7-10,13-15,18-19,26,29-31,33,37-39H,2-3,5-6,11-12,16-17,20-22H2,1H3/b23-18+/t29-,30+,31-,33-/m1/s1. The van der Waals surface area contributed by atoms with Gasteiger partial charge in [-0.2, -0.15) is 0 Å². The van der Waals surface area contributed by atoms with Gasteiger partial charge in [0.2, 0.25) is 11.8 Å². The van der Waals surface area contributed by atoms with Crippen LogP contribution in [0.5, 0.6) is 11.5 Å². The molecule has 2 amide bonds. The van der Waals surface area contributed by atoms with E-state index in [2.05, 4.69) is 6.92 Å². The van der Waals surface area contributed by atoms with Crippen molar-refractivity contribution in [2.45, 2.75) is 76.9 Å². The summed E-state index contributed by atoms with van der Waals surface area (Å²) in [6.07, 6.45) is 8.07. The number of benzene rings is 2. The zero-order valence-corrected chi connectivity index (χ0v) is 24.5. The molecule has 4 atom stereocenters. The van der Waals surface area contributed by atoms with Crippen LogP contribution in [0.25, 0.3) is 6.08 Å². The number of aromatic hydroxyl groups is 1. The number of ether oxygens (including phenoxy) is 1. The molecule has 0 spiro atoms. The number of carbonyl (C=O) groups is 2. The van der Waals surface area contributed by atoms with E-state index >= 15 is 0 Å². The smallest absolute Gasteiger partial charge is 0.234 e. The second-order valence-electron chi connectivity index (χ2n) is 11.9. The van der Waals surface area contributed by atoms with Gasteiger partial charge in [0.1, 0.15) is 18.1 Å². The number of hydrogen-bond donors (Lipinski definition) is 3. The minimum atomic E-state index is -0.900. The number of rotatable bonds is 11. The predicted octanol–water partition coefficient (Wildman–Crippen LogP) is 5.65. The van der Waals surface area contributed by atoms with Crippen molar-refractivity contribution < 1.29 is 29.6 Å². The predicted molar refractivity (Wildman–Crippen MR) is 161 cm³/mol. The molecule has 3 aliphatic rings. The average molecular weight is 574 g/mol. The van der Waals surface area contributed by atoms with Gasteiger partial charge in [-0.3, -0.25) is 14.5 Å². The number of amides is 2. The number of likely N-dealkylation sites (tertiary alicyclic amines) is 1. The molecule has 5 rings (SSSR count). The highest BCUT2D eigenvalue weighted by atomic mass is 16.5. The Balaban J connectivity index is 1.42. The molecule has 2 fully saturated rings. The van der Waals surface area contributed by atoms with E-state index in [0.717, 1.165) is 55.2 Å². The summed E-state index contributed by atoms with van der Waals surface area (Å²) in [7, 11) is 0. The van der Waals surface area contributed by atoms with E-state index in [-0.39, 0.29) is 36.8 Å². The topological polar surface area (TPSA) is 107 Å². The number of carbonyl (C=O) groups excluding carboxylic acids is 2. The molecule has 1 aliphatic heterocycles. The van der Waals surface area contributed by atoms with Gasteiger partial charge in [0.25, 0.3) is 0 Å². The number of para-hydroxylation sites is 1. The van der Waals surface area contributed by atoms with E-state index in [1.807, 2.05) is 42.5 Å². The molecule has 1 saturated carbocycles. The largest absolute Gasteiger partial charge is 0.508 e. The molecular formula is C35H43NO6. The first-order valence-corrected chi connectivity index (χ1v) is 15.4. The molecule has 42 heavy (non-hydrogen) atoms. The highest BCUT2D eigenvalue weighted by Gasteiger charge is 2.56. The summed E-state index contributed by atoms with van der Waals surface area (Å²) >= 11 is 0. The third-order valence-corrected chi connectivity index (χ3v) is 9.30. The van der Waals surface area contributed by atoms with Gasteiger partial charge in [-0.05, 0) is 79.5 Å². The summed E-state index contributed by atoms with van der Waals surface area (Å²) in [5.41, 5.74) is 3.46. The third kappa shape index (κ3) is 6.47. The quantitative estimate of drug-likeness (QED) is 0.237. The van der Waals surface area contributed by atoms with Crippen LogP contribution < -0.4 is 4.74 Å². The number of allylic oxidation sites excluding steroid dienone is 1. The van der Waals surface area contributed by atoms with Crippen LogP contribution in [0.3, 0.4) is 0 Å². The number of phenols is 1. The van der Waals surface area contributed by atoms with Gasteiger partial charge in [-0.25, -0.2) is 0 Å². The van der Waals surface area contributed by atoms with Crippen LogP contribution in [0.15, 0.2) is 71.3 Å². The lowest BCUT2D eigenvalue weighted by Crippen LogP contribution is -2.42. The Kier molecular flexibility index (Phi) is 9.80. The number of fused-ring (bicyclic) bond motifs is 1. The van der Waals surface area contributed by atoms with Crippen molar-refractivity contribution in [3.05, 3.63) is 76.9 Å². The van der Waals surface area contributed by atoms with Gasteiger partial charge >= 0.3 is 0 Å². The van der Waals surface area contributed by atoms with Gasteiger partial charge in [0.05, 0.1) is 24.5 Å². The first kappa shape index (κ1) is 30.1. The van der Waals surface area contributed by atoms with Crippen LogP contribution in [0.1, 0.15) is 70.3 Å². The Morgan fingerprint density at radius 3 is 2.50 bits per heavy atom.